The molecule has 26 heavy (non-hydrogen) atoms. The highest BCUT2D eigenvalue weighted by atomic mass is 16.1. The van der Waals surface area contributed by atoms with Crippen LogP contribution in [0, 0.1) is 0 Å². The summed E-state index contributed by atoms with van der Waals surface area (Å²) in [5.41, 5.74) is 4.42. The lowest BCUT2D eigenvalue weighted by Gasteiger charge is -2.21. The maximum atomic E-state index is 12.6. The summed E-state index contributed by atoms with van der Waals surface area (Å²) in [5.74, 6) is 0.0901. The van der Waals surface area contributed by atoms with E-state index in [0.717, 1.165) is 36.3 Å². The van der Waals surface area contributed by atoms with Crippen molar-refractivity contribution < 1.29 is 9.59 Å². The van der Waals surface area contributed by atoms with Crippen molar-refractivity contribution in [3.8, 4) is 0 Å². The molecule has 1 atom stereocenters. The molecular weight excluding hydrogens is 324 g/mol. The maximum Gasteiger partial charge on any atom is 0.255 e. The SMILES string of the molecule is C[C@@H]1CCCN1Cc1cccc(C(=O)Nc2ccc3c(c2)CCC3=O)c1. The number of aryl methyl sites for hydroxylation is 1. The van der Waals surface area contributed by atoms with Gasteiger partial charge in [0.25, 0.3) is 5.91 Å². The predicted octanol–water partition coefficient (Wildman–Crippen LogP) is 4.05. The smallest absolute Gasteiger partial charge is 0.255 e. The number of anilines is 1. The normalized spacial score (nSPS) is 19.6. The van der Waals surface area contributed by atoms with Gasteiger partial charge in [-0.1, -0.05) is 12.1 Å². The molecule has 1 N–H and O–H groups in total. The number of rotatable bonds is 4. The van der Waals surface area contributed by atoms with E-state index < -0.39 is 0 Å². The Labute approximate surface area is 154 Å². The highest BCUT2D eigenvalue weighted by molar-refractivity contribution is 6.05. The number of nitrogens with zero attached hydrogens (tertiary/aromatic N) is 1. The fraction of sp³-hybridized carbons (Fsp3) is 0.364. The van der Waals surface area contributed by atoms with Crippen LogP contribution in [-0.2, 0) is 13.0 Å². The lowest BCUT2D eigenvalue weighted by atomic mass is 10.1. The number of Topliss-reactive ketones (excluding diaryl/α,β-unsaturated/α-hetero) is 1. The number of nitrogens with one attached hydrogen (secondary N) is 1. The first-order valence-electron chi connectivity index (χ1n) is 9.40. The molecule has 4 heteroatoms. The number of ketones is 1. The first-order chi connectivity index (χ1) is 12.6. The van der Waals surface area contributed by atoms with Crippen LogP contribution in [0.1, 0.15) is 58.0 Å². The summed E-state index contributed by atoms with van der Waals surface area (Å²) in [4.78, 5) is 26.8. The molecule has 0 saturated carbocycles. The van der Waals surface area contributed by atoms with Crippen LogP contribution in [0.15, 0.2) is 42.5 Å². The molecule has 1 fully saturated rings. The van der Waals surface area contributed by atoms with Crippen LogP contribution in [-0.4, -0.2) is 29.2 Å². The van der Waals surface area contributed by atoms with E-state index in [0.29, 0.717) is 18.0 Å². The molecule has 1 amide bonds. The van der Waals surface area contributed by atoms with Crippen molar-refractivity contribution in [2.75, 3.05) is 11.9 Å². The average molecular weight is 348 g/mol. The first kappa shape index (κ1) is 17.0. The van der Waals surface area contributed by atoms with Gasteiger partial charge in [0.15, 0.2) is 5.78 Å². The molecular formula is C22H24N2O2. The molecule has 0 bridgehead atoms. The van der Waals surface area contributed by atoms with E-state index in [4.69, 9.17) is 0 Å². The zero-order valence-corrected chi connectivity index (χ0v) is 15.1. The fourth-order valence-corrected chi connectivity index (χ4v) is 4.01. The molecule has 4 nitrogen and oxygen atoms in total. The third-order valence-corrected chi connectivity index (χ3v) is 5.55. The third kappa shape index (κ3) is 3.42. The number of carbonyl (C=O) groups excluding carboxylic acids is 2. The summed E-state index contributed by atoms with van der Waals surface area (Å²) < 4.78 is 0. The minimum absolute atomic E-state index is 0.106. The molecule has 0 aromatic heterocycles. The summed E-state index contributed by atoms with van der Waals surface area (Å²) in [7, 11) is 0. The molecule has 2 aromatic rings. The van der Waals surface area contributed by atoms with Gasteiger partial charge in [0, 0.05) is 35.8 Å². The molecule has 4 rings (SSSR count). The quantitative estimate of drug-likeness (QED) is 0.907. The monoisotopic (exact) mass is 348 g/mol. The fourth-order valence-electron chi connectivity index (χ4n) is 4.01. The number of amides is 1. The Kier molecular flexibility index (Phi) is 4.60. The van der Waals surface area contributed by atoms with Crippen LogP contribution in [0.3, 0.4) is 0 Å². The molecule has 1 aliphatic heterocycles. The van der Waals surface area contributed by atoms with E-state index >= 15 is 0 Å². The Bertz CT molecular complexity index is 859. The van der Waals surface area contributed by atoms with Crippen LogP contribution >= 0.6 is 0 Å². The van der Waals surface area contributed by atoms with E-state index in [9.17, 15) is 9.59 Å². The van der Waals surface area contributed by atoms with Gasteiger partial charge in [0.1, 0.15) is 0 Å². The molecule has 1 heterocycles. The van der Waals surface area contributed by atoms with E-state index in [2.05, 4.69) is 23.2 Å². The summed E-state index contributed by atoms with van der Waals surface area (Å²) in [5, 5.41) is 2.97. The molecule has 134 valence electrons. The Morgan fingerprint density at radius 1 is 1.19 bits per heavy atom. The second kappa shape index (κ2) is 7.04. The molecule has 0 unspecified atom stereocenters. The van der Waals surface area contributed by atoms with Gasteiger partial charge in [-0.05, 0) is 74.2 Å². The number of carbonyl (C=O) groups is 2. The van der Waals surface area contributed by atoms with Crippen molar-refractivity contribution in [2.24, 2.45) is 0 Å². The number of likely N-dealkylation sites (tertiary alicyclic amines) is 1. The maximum absolute atomic E-state index is 12.6. The lowest BCUT2D eigenvalue weighted by Crippen LogP contribution is -2.26. The molecule has 1 aliphatic carbocycles. The molecule has 2 aromatic carbocycles. The second-order valence-corrected chi connectivity index (χ2v) is 7.41. The van der Waals surface area contributed by atoms with Crippen molar-refractivity contribution in [1.82, 2.24) is 4.90 Å². The van der Waals surface area contributed by atoms with Crippen molar-refractivity contribution in [2.45, 2.75) is 45.2 Å². The Balaban J connectivity index is 1.46. The van der Waals surface area contributed by atoms with E-state index in [1.165, 1.54) is 18.4 Å². The summed E-state index contributed by atoms with van der Waals surface area (Å²) >= 11 is 0. The van der Waals surface area contributed by atoms with Gasteiger partial charge in [-0.15, -0.1) is 0 Å². The van der Waals surface area contributed by atoms with E-state index in [1.807, 2.05) is 36.4 Å². The molecule has 2 aliphatic rings. The number of hydrogen-bond donors (Lipinski definition) is 1. The van der Waals surface area contributed by atoms with Crippen LogP contribution in [0.2, 0.25) is 0 Å². The minimum atomic E-state index is -0.106. The number of benzene rings is 2. The second-order valence-electron chi connectivity index (χ2n) is 7.41. The number of hydrogen-bond acceptors (Lipinski definition) is 3. The van der Waals surface area contributed by atoms with Crippen LogP contribution in [0.25, 0.3) is 0 Å². The standard InChI is InChI=1S/C22H24N2O2/c1-15-4-3-11-24(15)14-16-5-2-6-18(12-16)22(26)23-19-8-9-20-17(13-19)7-10-21(20)25/h2,5-6,8-9,12-13,15H,3-4,7,10-11,14H2,1H3,(H,23,26)/t15-/m1/s1. The summed E-state index contributed by atoms with van der Waals surface area (Å²) in [6.45, 7) is 4.29. The van der Waals surface area contributed by atoms with Gasteiger partial charge < -0.3 is 5.32 Å². The Morgan fingerprint density at radius 3 is 2.88 bits per heavy atom. The van der Waals surface area contributed by atoms with Gasteiger partial charge in [-0.3, -0.25) is 14.5 Å². The summed E-state index contributed by atoms with van der Waals surface area (Å²) in [6, 6.07) is 14.0. The lowest BCUT2D eigenvalue weighted by molar-refractivity contribution is 0.0992. The number of fused-ring (bicyclic) bond motifs is 1. The predicted molar refractivity (Wildman–Crippen MR) is 103 cm³/mol. The Hall–Kier alpha value is -2.46. The van der Waals surface area contributed by atoms with Crippen molar-refractivity contribution in [3.63, 3.8) is 0 Å². The van der Waals surface area contributed by atoms with Crippen molar-refractivity contribution in [1.29, 1.82) is 0 Å². The highest BCUT2D eigenvalue weighted by Gasteiger charge is 2.21. The summed E-state index contributed by atoms with van der Waals surface area (Å²) in [6.07, 6.45) is 3.84. The first-order valence-corrected chi connectivity index (χ1v) is 9.40. The average Bonchev–Trinajstić information content (AvgIpc) is 3.21. The van der Waals surface area contributed by atoms with Gasteiger partial charge >= 0.3 is 0 Å². The topological polar surface area (TPSA) is 49.4 Å². The van der Waals surface area contributed by atoms with Crippen LogP contribution in [0.5, 0.6) is 0 Å². The van der Waals surface area contributed by atoms with Gasteiger partial charge in [0.2, 0.25) is 0 Å². The van der Waals surface area contributed by atoms with Gasteiger partial charge in [-0.2, -0.15) is 0 Å². The van der Waals surface area contributed by atoms with Crippen molar-refractivity contribution in [3.05, 3.63) is 64.7 Å². The van der Waals surface area contributed by atoms with E-state index in [1.54, 1.807) is 0 Å². The van der Waals surface area contributed by atoms with Gasteiger partial charge in [-0.25, -0.2) is 0 Å². The molecule has 0 spiro atoms. The van der Waals surface area contributed by atoms with E-state index in [-0.39, 0.29) is 11.7 Å². The zero-order chi connectivity index (χ0) is 18.1. The largest absolute Gasteiger partial charge is 0.322 e. The minimum Gasteiger partial charge on any atom is -0.322 e. The molecule has 0 radical (unpaired) electrons. The zero-order valence-electron chi connectivity index (χ0n) is 15.1. The Morgan fingerprint density at radius 2 is 2.08 bits per heavy atom. The van der Waals surface area contributed by atoms with Gasteiger partial charge in [0.05, 0.1) is 0 Å². The van der Waals surface area contributed by atoms with Crippen LogP contribution < -0.4 is 5.32 Å². The molecule has 1 saturated heterocycles. The van der Waals surface area contributed by atoms with Crippen molar-refractivity contribution >= 4 is 17.4 Å². The third-order valence-electron chi connectivity index (χ3n) is 5.55. The van der Waals surface area contributed by atoms with Crippen LogP contribution in [0.4, 0.5) is 5.69 Å². The highest BCUT2D eigenvalue weighted by Crippen LogP contribution is 2.25.